The lowest BCUT2D eigenvalue weighted by molar-refractivity contribution is 0.0684. The average Bonchev–Trinajstić information content (AvgIpc) is 2.38. The zero-order valence-electron chi connectivity index (χ0n) is 10.5. The Morgan fingerprint density at radius 1 is 1.39 bits per heavy atom. The molecule has 4 nitrogen and oxygen atoms in total. The van der Waals surface area contributed by atoms with Crippen LogP contribution in [0.5, 0.6) is 0 Å². The van der Waals surface area contributed by atoms with E-state index in [1.54, 1.807) is 29.2 Å². The van der Waals surface area contributed by atoms with Crippen LogP contribution in [0.3, 0.4) is 0 Å². The van der Waals surface area contributed by atoms with Crippen LogP contribution in [0.4, 0.5) is 0 Å². The highest BCUT2D eigenvalue weighted by Gasteiger charge is 2.26. The second kappa shape index (κ2) is 5.54. The summed E-state index contributed by atoms with van der Waals surface area (Å²) in [5.74, 6) is 0.402. The standard InChI is InChI=1S/C13H18BNO3/c1-10-5-4-8-15(9-10)13(16)11-6-2-3-7-12(11)14(17)18/h2-3,6-7,10,17-18H,4-5,8-9H2,1H3. The van der Waals surface area contributed by atoms with Gasteiger partial charge in [-0.15, -0.1) is 0 Å². The Morgan fingerprint density at radius 2 is 2.11 bits per heavy atom. The number of carbonyl (C=O) groups is 1. The van der Waals surface area contributed by atoms with Crippen LogP contribution in [0.25, 0.3) is 0 Å². The van der Waals surface area contributed by atoms with Crippen LogP contribution in [0, 0.1) is 5.92 Å². The first-order chi connectivity index (χ1) is 8.59. The van der Waals surface area contributed by atoms with Crippen LogP contribution < -0.4 is 5.46 Å². The number of hydrogen-bond acceptors (Lipinski definition) is 3. The zero-order chi connectivity index (χ0) is 13.1. The van der Waals surface area contributed by atoms with Crippen LogP contribution in [0.15, 0.2) is 24.3 Å². The molecule has 0 aromatic heterocycles. The molecule has 2 N–H and O–H groups in total. The Bertz CT molecular complexity index is 436. The maximum atomic E-state index is 12.4. The maximum absolute atomic E-state index is 12.4. The van der Waals surface area contributed by atoms with E-state index in [0.29, 0.717) is 11.5 Å². The topological polar surface area (TPSA) is 60.8 Å². The summed E-state index contributed by atoms with van der Waals surface area (Å²) < 4.78 is 0. The van der Waals surface area contributed by atoms with Crippen LogP contribution in [-0.4, -0.2) is 41.1 Å². The lowest BCUT2D eigenvalue weighted by Crippen LogP contribution is -2.43. The summed E-state index contributed by atoms with van der Waals surface area (Å²) in [6, 6.07) is 6.67. The number of amides is 1. The van der Waals surface area contributed by atoms with Crippen LogP contribution in [0.2, 0.25) is 0 Å². The van der Waals surface area contributed by atoms with Crippen molar-refractivity contribution in [2.75, 3.05) is 13.1 Å². The molecule has 1 fully saturated rings. The van der Waals surface area contributed by atoms with Gasteiger partial charge in [-0.3, -0.25) is 4.79 Å². The van der Waals surface area contributed by atoms with Crippen LogP contribution in [-0.2, 0) is 0 Å². The summed E-state index contributed by atoms with van der Waals surface area (Å²) >= 11 is 0. The second-order valence-electron chi connectivity index (χ2n) is 4.96. The van der Waals surface area contributed by atoms with Crippen molar-refractivity contribution in [2.45, 2.75) is 19.8 Å². The zero-order valence-corrected chi connectivity index (χ0v) is 10.5. The van der Waals surface area contributed by atoms with Gasteiger partial charge in [0.25, 0.3) is 5.91 Å². The van der Waals surface area contributed by atoms with E-state index in [2.05, 4.69) is 6.92 Å². The summed E-state index contributed by atoms with van der Waals surface area (Å²) in [6.07, 6.45) is 2.16. The minimum atomic E-state index is -1.60. The molecule has 1 aromatic rings. The molecule has 1 aliphatic rings. The molecule has 1 aromatic carbocycles. The van der Waals surface area contributed by atoms with Crippen molar-refractivity contribution in [3.8, 4) is 0 Å². The lowest BCUT2D eigenvalue weighted by atomic mass is 9.76. The van der Waals surface area contributed by atoms with Gasteiger partial charge < -0.3 is 14.9 Å². The largest absolute Gasteiger partial charge is 0.489 e. The molecule has 0 radical (unpaired) electrons. The number of benzene rings is 1. The third-order valence-electron chi connectivity index (χ3n) is 3.41. The average molecular weight is 247 g/mol. The predicted molar refractivity (Wildman–Crippen MR) is 70.6 cm³/mol. The molecule has 0 spiro atoms. The first-order valence-electron chi connectivity index (χ1n) is 6.34. The smallest absolute Gasteiger partial charge is 0.423 e. The predicted octanol–water partition coefficient (Wildman–Crippen LogP) is 0.239. The van der Waals surface area contributed by atoms with E-state index in [0.717, 1.165) is 25.9 Å². The van der Waals surface area contributed by atoms with Gasteiger partial charge in [-0.25, -0.2) is 0 Å². The fourth-order valence-electron chi connectivity index (χ4n) is 2.46. The minimum absolute atomic E-state index is 0.106. The maximum Gasteiger partial charge on any atom is 0.489 e. The molecule has 1 atom stereocenters. The Labute approximate surface area is 107 Å². The Morgan fingerprint density at radius 3 is 2.78 bits per heavy atom. The molecule has 1 amide bonds. The summed E-state index contributed by atoms with van der Waals surface area (Å²) in [5, 5.41) is 18.6. The van der Waals surface area contributed by atoms with Gasteiger partial charge in [0.2, 0.25) is 0 Å². The van der Waals surface area contributed by atoms with E-state index in [1.165, 1.54) is 0 Å². The van der Waals surface area contributed by atoms with Crippen molar-refractivity contribution >= 4 is 18.5 Å². The minimum Gasteiger partial charge on any atom is -0.423 e. The Kier molecular flexibility index (Phi) is 4.04. The molecule has 0 aliphatic carbocycles. The van der Waals surface area contributed by atoms with E-state index in [4.69, 9.17) is 0 Å². The summed E-state index contributed by atoms with van der Waals surface area (Å²) in [5.41, 5.74) is 0.669. The number of hydrogen-bond donors (Lipinski definition) is 2. The lowest BCUT2D eigenvalue weighted by Gasteiger charge is -2.31. The van der Waals surface area contributed by atoms with Crippen molar-refractivity contribution in [3.63, 3.8) is 0 Å². The number of carbonyl (C=O) groups excluding carboxylic acids is 1. The van der Waals surface area contributed by atoms with Gasteiger partial charge in [-0.05, 0) is 30.3 Å². The molecule has 96 valence electrons. The third-order valence-corrected chi connectivity index (χ3v) is 3.41. The fourth-order valence-corrected chi connectivity index (χ4v) is 2.46. The molecule has 1 unspecified atom stereocenters. The van der Waals surface area contributed by atoms with Gasteiger partial charge in [-0.2, -0.15) is 0 Å². The highest BCUT2D eigenvalue weighted by Crippen LogP contribution is 2.17. The van der Waals surface area contributed by atoms with Crippen LogP contribution in [0.1, 0.15) is 30.1 Å². The van der Waals surface area contributed by atoms with Gasteiger partial charge in [0.15, 0.2) is 0 Å². The second-order valence-corrected chi connectivity index (χ2v) is 4.96. The molecule has 5 heteroatoms. The quantitative estimate of drug-likeness (QED) is 0.736. The number of piperidine rings is 1. The van der Waals surface area contributed by atoms with Gasteiger partial charge in [0, 0.05) is 18.7 Å². The number of nitrogens with zero attached hydrogens (tertiary/aromatic N) is 1. The molecule has 0 saturated carbocycles. The SMILES string of the molecule is CC1CCCN(C(=O)c2ccccc2B(O)O)C1. The number of rotatable bonds is 2. The molecule has 0 bridgehead atoms. The normalized spacial score (nSPS) is 19.7. The molecular formula is C13H18BNO3. The fraction of sp³-hybridized carbons (Fsp3) is 0.462. The van der Waals surface area contributed by atoms with Crippen molar-refractivity contribution in [1.29, 1.82) is 0 Å². The summed E-state index contributed by atoms with van der Waals surface area (Å²) in [4.78, 5) is 14.2. The third kappa shape index (κ3) is 2.74. The van der Waals surface area contributed by atoms with Crippen molar-refractivity contribution < 1.29 is 14.8 Å². The summed E-state index contributed by atoms with van der Waals surface area (Å²) in [6.45, 7) is 3.62. The monoisotopic (exact) mass is 247 g/mol. The van der Waals surface area contributed by atoms with Crippen LogP contribution >= 0.6 is 0 Å². The Balaban J connectivity index is 2.23. The van der Waals surface area contributed by atoms with Crippen molar-refractivity contribution in [3.05, 3.63) is 29.8 Å². The van der Waals surface area contributed by atoms with E-state index in [-0.39, 0.29) is 11.4 Å². The molecule has 1 saturated heterocycles. The van der Waals surface area contributed by atoms with E-state index in [9.17, 15) is 14.8 Å². The van der Waals surface area contributed by atoms with Crippen molar-refractivity contribution in [2.24, 2.45) is 5.92 Å². The molecule has 2 rings (SSSR count). The molecule has 1 heterocycles. The van der Waals surface area contributed by atoms with E-state index < -0.39 is 7.12 Å². The van der Waals surface area contributed by atoms with Crippen molar-refractivity contribution in [1.82, 2.24) is 4.90 Å². The van der Waals surface area contributed by atoms with Gasteiger partial charge in [0.05, 0.1) is 0 Å². The highest BCUT2D eigenvalue weighted by atomic mass is 16.4. The van der Waals surface area contributed by atoms with Gasteiger partial charge in [0.1, 0.15) is 0 Å². The van der Waals surface area contributed by atoms with E-state index in [1.807, 2.05) is 0 Å². The molecule has 18 heavy (non-hydrogen) atoms. The first kappa shape index (κ1) is 13.1. The summed E-state index contributed by atoms with van der Waals surface area (Å²) in [7, 11) is -1.60. The first-order valence-corrected chi connectivity index (χ1v) is 6.34. The molecular weight excluding hydrogens is 229 g/mol. The van der Waals surface area contributed by atoms with Gasteiger partial charge in [-0.1, -0.05) is 25.1 Å². The van der Waals surface area contributed by atoms with E-state index >= 15 is 0 Å². The highest BCUT2D eigenvalue weighted by molar-refractivity contribution is 6.60. The molecule has 1 aliphatic heterocycles. The Hall–Kier alpha value is -1.33. The van der Waals surface area contributed by atoms with Gasteiger partial charge >= 0.3 is 7.12 Å². The number of likely N-dealkylation sites (tertiary alicyclic amines) is 1.